The van der Waals surface area contributed by atoms with Crippen LogP contribution in [0.1, 0.15) is 27.0 Å². The fourth-order valence-corrected chi connectivity index (χ4v) is 2.08. The van der Waals surface area contributed by atoms with Crippen LogP contribution in [-0.4, -0.2) is 18.2 Å². The maximum absolute atomic E-state index is 11.5. The Morgan fingerprint density at radius 3 is 2.38 bits per heavy atom. The van der Waals surface area contributed by atoms with E-state index >= 15 is 0 Å². The largest absolute Gasteiger partial charge is 0.465 e. The summed E-state index contributed by atoms with van der Waals surface area (Å²) in [6.45, 7) is 2.62. The van der Waals surface area contributed by atoms with Gasteiger partial charge in [0.1, 0.15) is 0 Å². The second kappa shape index (κ2) is 6.90. The van der Waals surface area contributed by atoms with E-state index in [1.807, 2.05) is 43.3 Å². The van der Waals surface area contributed by atoms with Crippen LogP contribution in [0.25, 0.3) is 0 Å². The molecule has 0 aliphatic heterocycles. The third-order valence-corrected chi connectivity index (χ3v) is 3.33. The van der Waals surface area contributed by atoms with Crippen LogP contribution in [0, 0.1) is 6.92 Å². The van der Waals surface area contributed by atoms with E-state index in [2.05, 4.69) is 5.32 Å². The van der Waals surface area contributed by atoms with Gasteiger partial charge >= 0.3 is 5.97 Å². The van der Waals surface area contributed by atoms with Crippen molar-refractivity contribution in [1.29, 1.82) is 0 Å². The molecule has 0 bridgehead atoms. The maximum atomic E-state index is 11.5. The molecule has 2 N–H and O–H groups in total. The molecular weight excluding hydrogens is 266 g/mol. The third kappa shape index (κ3) is 3.83. The van der Waals surface area contributed by atoms with Crippen LogP contribution in [-0.2, 0) is 17.9 Å². The summed E-state index contributed by atoms with van der Waals surface area (Å²) >= 11 is 0. The number of aliphatic hydroxyl groups is 1. The lowest BCUT2D eigenvalue weighted by molar-refractivity contribution is 0.0600. The number of nitrogens with one attached hydrogen (secondary N) is 1. The van der Waals surface area contributed by atoms with Crippen molar-refractivity contribution < 1.29 is 14.6 Å². The highest BCUT2D eigenvalue weighted by molar-refractivity contribution is 5.91. The number of aryl methyl sites for hydroxylation is 1. The molecule has 21 heavy (non-hydrogen) atoms. The van der Waals surface area contributed by atoms with Gasteiger partial charge in [-0.25, -0.2) is 4.79 Å². The minimum Gasteiger partial charge on any atom is -0.465 e. The average molecular weight is 285 g/mol. The Morgan fingerprint density at radius 1 is 1.14 bits per heavy atom. The molecule has 0 spiro atoms. The molecule has 0 unspecified atom stereocenters. The summed E-state index contributed by atoms with van der Waals surface area (Å²) in [7, 11) is 1.38. The molecule has 0 aliphatic rings. The predicted molar refractivity (Wildman–Crippen MR) is 82.2 cm³/mol. The van der Waals surface area contributed by atoms with Crippen molar-refractivity contribution in [3.05, 3.63) is 64.7 Å². The van der Waals surface area contributed by atoms with Crippen molar-refractivity contribution >= 4 is 11.7 Å². The Hall–Kier alpha value is -2.33. The molecule has 2 rings (SSSR count). The lowest BCUT2D eigenvalue weighted by Crippen LogP contribution is -2.05. The van der Waals surface area contributed by atoms with Crippen LogP contribution in [0.15, 0.2) is 42.5 Å². The number of esters is 1. The average Bonchev–Trinajstić information content (AvgIpc) is 2.52. The number of anilines is 1. The molecule has 0 saturated carbocycles. The molecule has 2 aromatic carbocycles. The van der Waals surface area contributed by atoms with Crippen molar-refractivity contribution in [2.45, 2.75) is 20.1 Å². The minimum absolute atomic E-state index is 0.0574. The summed E-state index contributed by atoms with van der Waals surface area (Å²) in [5, 5.41) is 12.3. The SMILES string of the molecule is COC(=O)c1ccc(NCc2ccc(CO)cc2)cc1C. The molecule has 0 amide bonds. The quantitative estimate of drug-likeness (QED) is 0.829. The van der Waals surface area contributed by atoms with E-state index in [4.69, 9.17) is 9.84 Å². The number of hydrogen-bond acceptors (Lipinski definition) is 4. The van der Waals surface area contributed by atoms with Crippen LogP contribution in [0.2, 0.25) is 0 Å². The monoisotopic (exact) mass is 285 g/mol. The zero-order chi connectivity index (χ0) is 15.2. The van der Waals surface area contributed by atoms with Gasteiger partial charge in [-0.2, -0.15) is 0 Å². The Labute approximate surface area is 124 Å². The van der Waals surface area contributed by atoms with Gasteiger partial charge in [0.25, 0.3) is 0 Å². The van der Waals surface area contributed by atoms with E-state index in [0.29, 0.717) is 12.1 Å². The molecule has 4 heteroatoms. The van der Waals surface area contributed by atoms with Crippen LogP contribution in [0.4, 0.5) is 5.69 Å². The summed E-state index contributed by atoms with van der Waals surface area (Å²) in [6, 6.07) is 13.3. The number of rotatable bonds is 5. The lowest BCUT2D eigenvalue weighted by Gasteiger charge is -2.10. The second-order valence-corrected chi connectivity index (χ2v) is 4.85. The van der Waals surface area contributed by atoms with Gasteiger partial charge in [0.2, 0.25) is 0 Å². The van der Waals surface area contributed by atoms with E-state index in [0.717, 1.165) is 22.4 Å². The highest BCUT2D eigenvalue weighted by Gasteiger charge is 2.08. The summed E-state index contributed by atoms with van der Waals surface area (Å²) in [4.78, 5) is 11.5. The van der Waals surface area contributed by atoms with Gasteiger partial charge in [0, 0.05) is 12.2 Å². The fourth-order valence-electron chi connectivity index (χ4n) is 2.08. The Kier molecular flexibility index (Phi) is 4.95. The molecule has 4 nitrogen and oxygen atoms in total. The molecular formula is C17H19NO3. The van der Waals surface area contributed by atoms with E-state index in [-0.39, 0.29) is 12.6 Å². The van der Waals surface area contributed by atoms with E-state index in [1.54, 1.807) is 6.07 Å². The highest BCUT2D eigenvalue weighted by atomic mass is 16.5. The zero-order valence-corrected chi connectivity index (χ0v) is 12.2. The number of carbonyl (C=O) groups excluding carboxylic acids is 1. The first-order valence-electron chi connectivity index (χ1n) is 6.75. The van der Waals surface area contributed by atoms with Crippen molar-refractivity contribution in [3.8, 4) is 0 Å². The van der Waals surface area contributed by atoms with Gasteiger partial charge in [0.05, 0.1) is 19.3 Å². The van der Waals surface area contributed by atoms with E-state index in [9.17, 15) is 4.79 Å². The van der Waals surface area contributed by atoms with Crippen molar-refractivity contribution in [2.24, 2.45) is 0 Å². The summed E-state index contributed by atoms with van der Waals surface area (Å²) in [5.41, 5.74) is 4.43. The smallest absolute Gasteiger partial charge is 0.338 e. The zero-order valence-electron chi connectivity index (χ0n) is 12.2. The normalized spacial score (nSPS) is 10.2. The lowest BCUT2D eigenvalue weighted by atomic mass is 10.1. The fraction of sp³-hybridized carbons (Fsp3) is 0.235. The first-order valence-corrected chi connectivity index (χ1v) is 6.75. The predicted octanol–water partition coefficient (Wildman–Crippen LogP) is 2.89. The van der Waals surface area contributed by atoms with Gasteiger partial charge in [-0.15, -0.1) is 0 Å². The number of methoxy groups -OCH3 is 1. The molecule has 0 aliphatic carbocycles. The molecule has 0 heterocycles. The topological polar surface area (TPSA) is 58.6 Å². The number of aliphatic hydroxyl groups excluding tert-OH is 1. The molecule has 0 radical (unpaired) electrons. The Morgan fingerprint density at radius 2 is 1.81 bits per heavy atom. The summed E-state index contributed by atoms with van der Waals surface area (Å²) < 4.78 is 4.73. The first kappa shape index (κ1) is 15.1. The van der Waals surface area contributed by atoms with Gasteiger partial charge < -0.3 is 15.2 Å². The van der Waals surface area contributed by atoms with Crippen LogP contribution in [0.5, 0.6) is 0 Å². The Balaban J connectivity index is 2.03. The third-order valence-electron chi connectivity index (χ3n) is 3.33. The molecule has 2 aromatic rings. The van der Waals surface area contributed by atoms with Gasteiger partial charge in [-0.3, -0.25) is 0 Å². The Bertz CT molecular complexity index is 620. The van der Waals surface area contributed by atoms with Crippen molar-refractivity contribution in [1.82, 2.24) is 0 Å². The van der Waals surface area contributed by atoms with Crippen LogP contribution < -0.4 is 5.32 Å². The molecule has 0 aromatic heterocycles. The molecule has 0 atom stereocenters. The van der Waals surface area contributed by atoms with Gasteiger partial charge in [0.15, 0.2) is 0 Å². The van der Waals surface area contributed by atoms with Crippen LogP contribution in [0.3, 0.4) is 0 Å². The first-order chi connectivity index (χ1) is 10.1. The molecule has 110 valence electrons. The van der Waals surface area contributed by atoms with Crippen LogP contribution >= 0.6 is 0 Å². The summed E-state index contributed by atoms with van der Waals surface area (Å²) in [5.74, 6) is -0.321. The molecule has 0 saturated heterocycles. The molecule has 0 fully saturated rings. The second-order valence-electron chi connectivity index (χ2n) is 4.85. The number of benzene rings is 2. The van der Waals surface area contributed by atoms with E-state index in [1.165, 1.54) is 7.11 Å². The number of carbonyl (C=O) groups is 1. The number of ether oxygens (including phenoxy) is 1. The van der Waals surface area contributed by atoms with Gasteiger partial charge in [-0.1, -0.05) is 24.3 Å². The standard InChI is InChI=1S/C17H19NO3/c1-12-9-15(7-8-16(12)17(20)21-2)18-10-13-3-5-14(11-19)6-4-13/h3-9,18-19H,10-11H2,1-2H3. The van der Waals surface area contributed by atoms with Crippen molar-refractivity contribution in [2.75, 3.05) is 12.4 Å². The minimum atomic E-state index is -0.321. The number of hydrogen-bond donors (Lipinski definition) is 2. The highest BCUT2D eigenvalue weighted by Crippen LogP contribution is 2.17. The van der Waals surface area contributed by atoms with Gasteiger partial charge in [-0.05, 0) is 41.8 Å². The maximum Gasteiger partial charge on any atom is 0.338 e. The van der Waals surface area contributed by atoms with E-state index < -0.39 is 0 Å². The summed E-state index contributed by atoms with van der Waals surface area (Å²) in [6.07, 6.45) is 0. The van der Waals surface area contributed by atoms with Crippen molar-refractivity contribution in [3.63, 3.8) is 0 Å².